The Balaban J connectivity index is 1.85. The number of thioether (sulfide) groups is 1. The predicted molar refractivity (Wildman–Crippen MR) is 122 cm³/mol. The fraction of sp³-hybridized carbons (Fsp3) is 0.429. The molecule has 152 valence electrons. The van der Waals surface area contributed by atoms with Gasteiger partial charge in [-0.2, -0.15) is 0 Å². The van der Waals surface area contributed by atoms with Gasteiger partial charge in [-0.3, -0.25) is 18.9 Å². The maximum atomic E-state index is 13.3. The predicted octanol–water partition coefficient (Wildman–Crippen LogP) is 3.68. The summed E-state index contributed by atoms with van der Waals surface area (Å²) in [7, 11) is 0. The van der Waals surface area contributed by atoms with Gasteiger partial charge >= 0.3 is 0 Å². The van der Waals surface area contributed by atoms with Crippen LogP contribution in [-0.2, 0) is 4.79 Å². The van der Waals surface area contributed by atoms with Crippen LogP contribution in [0.2, 0.25) is 0 Å². The van der Waals surface area contributed by atoms with E-state index in [-0.39, 0.29) is 17.5 Å². The van der Waals surface area contributed by atoms with E-state index in [4.69, 9.17) is 17.2 Å². The molecule has 0 saturated carbocycles. The van der Waals surface area contributed by atoms with E-state index < -0.39 is 0 Å². The summed E-state index contributed by atoms with van der Waals surface area (Å²) < 4.78 is 2.08. The van der Waals surface area contributed by atoms with Crippen LogP contribution in [0.5, 0.6) is 0 Å². The summed E-state index contributed by atoms with van der Waals surface area (Å²) >= 11 is 6.70. The first-order chi connectivity index (χ1) is 14.0. The number of thiocarbonyl (C=S) groups is 1. The van der Waals surface area contributed by atoms with Crippen molar-refractivity contribution < 1.29 is 4.79 Å². The van der Waals surface area contributed by atoms with E-state index in [0.29, 0.717) is 26.3 Å². The Kier molecular flexibility index (Phi) is 5.74. The molecule has 0 N–H and O–H groups in total. The minimum atomic E-state index is -0.162. The third kappa shape index (κ3) is 3.71. The van der Waals surface area contributed by atoms with Gasteiger partial charge in [-0.05, 0) is 50.8 Å². The van der Waals surface area contributed by atoms with Crippen molar-refractivity contribution in [2.24, 2.45) is 0 Å². The quantitative estimate of drug-likeness (QED) is 0.547. The van der Waals surface area contributed by atoms with Crippen molar-refractivity contribution in [3.05, 3.63) is 45.2 Å². The van der Waals surface area contributed by atoms with Crippen molar-refractivity contribution in [2.75, 3.05) is 18.0 Å². The van der Waals surface area contributed by atoms with Gasteiger partial charge in [0.1, 0.15) is 15.8 Å². The number of aromatic nitrogens is 2. The second-order valence-corrected chi connectivity index (χ2v) is 9.12. The highest BCUT2D eigenvalue weighted by atomic mass is 32.2. The zero-order chi connectivity index (χ0) is 20.5. The molecular formula is C21H24N4O2S2. The van der Waals surface area contributed by atoms with E-state index in [9.17, 15) is 9.59 Å². The molecule has 1 atom stereocenters. The van der Waals surface area contributed by atoms with E-state index in [2.05, 4.69) is 4.90 Å². The molecule has 2 aromatic rings. The van der Waals surface area contributed by atoms with Crippen LogP contribution in [0.3, 0.4) is 0 Å². The van der Waals surface area contributed by atoms with Gasteiger partial charge in [-0.25, -0.2) is 4.98 Å². The summed E-state index contributed by atoms with van der Waals surface area (Å²) in [6.07, 6.45) is 7.56. The van der Waals surface area contributed by atoms with Crippen LogP contribution in [0.25, 0.3) is 11.7 Å². The molecule has 2 saturated heterocycles. The Bertz CT molecular complexity index is 1060. The van der Waals surface area contributed by atoms with Crippen molar-refractivity contribution in [3.63, 3.8) is 0 Å². The first-order valence-electron chi connectivity index (χ1n) is 10.0. The van der Waals surface area contributed by atoms with Crippen molar-refractivity contribution in [3.8, 4) is 0 Å². The summed E-state index contributed by atoms with van der Waals surface area (Å²) in [6, 6.07) is 5.55. The molecule has 2 fully saturated rings. The SMILES string of the molecule is CCC(C)N1C(=O)/C(=C/c2c(N3CCCCC3)nc3ccccn3c2=O)SC1=S. The van der Waals surface area contributed by atoms with Crippen LogP contribution in [0.15, 0.2) is 34.1 Å². The maximum absolute atomic E-state index is 13.3. The van der Waals surface area contributed by atoms with Crippen molar-refractivity contribution >= 4 is 51.7 Å². The van der Waals surface area contributed by atoms with E-state index in [0.717, 1.165) is 32.4 Å². The van der Waals surface area contributed by atoms with Gasteiger partial charge in [0.2, 0.25) is 0 Å². The standard InChI is InChI=1S/C21H24N4O2S2/c1-3-14(2)25-20(27)16(29-21(25)28)13-15-18(23-10-6-4-7-11-23)22-17-9-5-8-12-24(17)19(15)26/h5,8-9,12-14H,3-4,6-7,10-11H2,1-2H3/b16-13-. The number of carbonyl (C=O) groups is 1. The van der Waals surface area contributed by atoms with Gasteiger partial charge in [-0.15, -0.1) is 0 Å². The molecule has 6 nitrogen and oxygen atoms in total. The molecule has 8 heteroatoms. The Morgan fingerprint density at radius 1 is 1.24 bits per heavy atom. The molecule has 4 heterocycles. The average molecular weight is 429 g/mol. The van der Waals surface area contributed by atoms with Crippen molar-refractivity contribution in [2.45, 2.75) is 45.6 Å². The molecule has 29 heavy (non-hydrogen) atoms. The lowest BCUT2D eigenvalue weighted by Crippen LogP contribution is -2.36. The minimum absolute atomic E-state index is 0.0331. The highest BCUT2D eigenvalue weighted by Crippen LogP contribution is 2.35. The number of hydrogen-bond donors (Lipinski definition) is 0. The highest BCUT2D eigenvalue weighted by molar-refractivity contribution is 8.26. The van der Waals surface area contributed by atoms with Gasteiger partial charge in [0.15, 0.2) is 0 Å². The molecule has 2 aliphatic rings. The van der Waals surface area contributed by atoms with Crippen LogP contribution < -0.4 is 10.5 Å². The van der Waals surface area contributed by atoms with Crippen LogP contribution in [-0.4, -0.2) is 43.6 Å². The molecule has 1 unspecified atom stereocenters. The number of fused-ring (bicyclic) bond motifs is 1. The van der Waals surface area contributed by atoms with Gasteiger partial charge in [-0.1, -0.05) is 37.0 Å². The smallest absolute Gasteiger partial charge is 0.267 e. The zero-order valence-electron chi connectivity index (χ0n) is 16.6. The monoisotopic (exact) mass is 428 g/mol. The number of nitrogens with zero attached hydrogens (tertiary/aromatic N) is 4. The van der Waals surface area contributed by atoms with E-state index in [1.807, 2.05) is 32.0 Å². The summed E-state index contributed by atoms with van der Waals surface area (Å²) in [5.41, 5.74) is 0.910. The van der Waals surface area contributed by atoms with Gasteiger partial charge < -0.3 is 4.90 Å². The van der Waals surface area contributed by atoms with E-state index in [1.165, 1.54) is 22.6 Å². The number of amides is 1. The fourth-order valence-corrected chi connectivity index (χ4v) is 5.18. The van der Waals surface area contributed by atoms with Crippen LogP contribution in [0, 0.1) is 0 Å². The molecule has 0 bridgehead atoms. The van der Waals surface area contributed by atoms with Crippen LogP contribution >= 0.6 is 24.0 Å². The van der Waals surface area contributed by atoms with Crippen molar-refractivity contribution in [1.82, 2.24) is 14.3 Å². The number of piperidine rings is 1. The summed E-state index contributed by atoms with van der Waals surface area (Å²) in [6.45, 7) is 5.74. The molecule has 0 spiro atoms. The Labute approximate surface area is 179 Å². The zero-order valence-corrected chi connectivity index (χ0v) is 18.3. The Morgan fingerprint density at radius 3 is 2.72 bits per heavy atom. The number of carbonyl (C=O) groups excluding carboxylic acids is 1. The third-order valence-corrected chi connectivity index (χ3v) is 6.87. The Hall–Kier alpha value is -2.19. The molecule has 1 amide bonds. The van der Waals surface area contributed by atoms with E-state index in [1.54, 1.807) is 17.2 Å². The lowest BCUT2D eigenvalue weighted by atomic mass is 10.1. The molecule has 2 aromatic heterocycles. The first-order valence-corrected chi connectivity index (χ1v) is 11.3. The topological polar surface area (TPSA) is 57.9 Å². The molecular weight excluding hydrogens is 404 g/mol. The molecule has 0 aromatic carbocycles. The lowest BCUT2D eigenvalue weighted by Gasteiger charge is -2.29. The minimum Gasteiger partial charge on any atom is -0.356 e. The Morgan fingerprint density at radius 2 is 2.00 bits per heavy atom. The molecule has 2 aliphatic heterocycles. The third-order valence-electron chi connectivity index (χ3n) is 5.54. The van der Waals surface area contributed by atoms with Crippen LogP contribution in [0.4, 0.5) is 5.82 Å². The van der Waals surface area contributed by atoms with Crippen molar-refractivity contribution in [1.29, 1.82) is 0 Å². The van der Waals surface area contributed by atoms with Gasteiger partial charge in [0.05, 0.1) is 10.5 Å². The molecule has 0 aliphatic carbocycles. The summed E-state index contributed by atoms with van der Waals surface area (Å²) in [4.78, 5) is 35.4. The normalized spacial score (nSPS) is 20.1. The maximum Gasteiger partial charge on any atom is 0.267 e. The van der Waals surface area contributed by atoms with Gasteiger partial charge in [0, 0.05) is 25.3 Å². The molecule has 0 radical (unpaired) electrons. The number of rotatable bonds is 4. The fourth-order valence-electron chi connectivity index (χ4n) is 3.74. The van der Waals surface area contributed by atoms with E-state index >= 15 is 0 Å². The lowest BCUT2D eigenvalue weighted by molar-refractivity contribution is -0.123. The first kappa shape index (κ1) is 20.1. The second kappa shape index (κ2) is 8.28. The average Bonchev–Trinajstić information content (AvgIpc) is 3.03. The number of hydrogen-bond acceptors (Lipinski definition) is 6. The molecule has 4 rings (SSSR count). The van der Waals surface area contributed by atoms with Crippen LogP contribution in [0.1, 0.15) is 45.1 Å². The summed E-state index contributed by atoms with van der Waals surface area (Å²) in [5.74, 6) is 0.534. The second-order valence-electron chi connectivity index (χ2n) is 7.44. The largest absolute Gasteiger partial charge is 0.356 e. The number of anilines is 1. The number of pyridine rings is 1. The summed E-state index contributed by atoms with van der Waals surface area (Å²) in [5, 5.41) is 0. The highest BCUT2D eigenvalue weighted by Gasteiger charge is 2.35. The van der Waals surface area contributed by atoms with Gasteiger partial charge in [0.25, 0.3) is 11.5 Å².